The number of thiophene rings is 2. The number of hydrogen-bond acceptors (Lipinski definition) is 5. The van der Waals surface area contributed by atoms with Crippen molar-refractivity contribution in [2.24, 2.45) is 0 Å². The SMILES string of the molecule is CCc1cc2c(=O)[nH]c(CC(=O)c3cccs3)nc2s1. The molecular formula is C14H12N2O2S2. The minimum atomic E-state index is -0.167. The van der Waals surface area contributed by atoms with Crippen LogP contribution >= 0.6 is 22.7 Å². The first-order valence-electron chi connectivity index (χ1n) is 6.25. The number of hydrogen-bond donors (Lipinski definition) is 1. The topological polar surface area (TPSA) is 62.8 Å². The molecule has 3 rings (SSSR count). The number of ketones is 1. The molecule has 0 saturated heterocycles. The summed E-state index contributed by atoms with van der Waals surface area (Å²) in [4.78, 5) is 33.7. The van der Waals surface area contributed by atoms with E-state index in [1.54, 1.807) is 6.07 Å². The highest BCUT2D eigenvalue weighted by atomic mass is 32.1. The molecule has 0 fully saturated rings. The van der Waals surface area contributed by atoms with E-state index in [9.17, 15) is 9.59 Å². The predicted molar refractivity (Wildman–Crippen MR) is 82.0 cm³/mol. The highest BCUT2D eigenvalue weighted by Gasteiger charge is 2.13. The Balaban J connectivity index is 1.96. The Hall–Kier alpha value is -1.79. The van der Waals surface area contributed by atoms with Gasteiger partial charge in [-0.2, -0.15) is 0 Å². The van der Waals surface area contributed by atoms with Crippen molar-refractivity contribution >= 4 is 38.7 Å². The average molecular weight is 304 g/mol. The maximum absolute atomic E-state index is 12.0. The fourth-order valence-electron chi connectivity index (χ4n) is 1.96. The van der Waals surface area contributed by atoms with Gasteiger partial charge in [-0.25, -0.2) is 4.98 Å². The van der Waals surface area contributed by atoms with Gasteiger partial charge in [0.1, 0.15) is 10.7 Å². The molecule has 0 aliphatic carbocycles. The number of H-pyrrole nitrogens is 1. The Labute approximate surface area is 123 Å². The number of fused-ring (bicyclic) bond motifs is 1. The van der Waals surface area contributed by atoms with Gasteiger partial charge < -0.3 is 4.98 Å². The van der Waals surface area contributed by atoms with Crippen molar-refractivity contribution in [1.82, 2.24) is 9.97 Å². The largest absolute Gasteiger partial charge is 0.310 e. The minimum Gasteiger partial charge on any atom is -0.310 e. The lowest BCUT2D eigenvalue weighted by Gasteiger charge is -1.98. The predicted octanol–water partition coefficient (Wildman–Crippen LogP) is 3.03. The molecule has 0 aromatic carbocycles. The Morgan fingerprint density at radius 2 is 2.30 bits per heavy atom. The number of carbonyl (C=O) groups excluding carboxylic acids is 1. The molecule has 0 amide bonds. The molecule has 0 bridgehead atoms. The van der Waals surface area contributed by atoms with Crippen molar-refractivity contribution in [2.75, 3.05) is 0 Å². The van der Waals surface area contributed by atoms with Gasteiger partial charge in [-0.1, -0.05) is 13.0 Å². The van der Waals surface area contributed by atoms with E-state index >= 15 is 0 Å². The van der Waals surface area contributed by atoms with Crippen molar-refractivity contribution in [3.63, 3.8) is 0 Å². The zero-order valence-electron chi connectivity index (χ0n) is 10.8. The van der Waals surface area contributed by atoms with E-state index in [4.69, 9.17) is 0 Å². The first-order valence-corrected chi connectivity index (χ1v) is 7.95. The van der Waals surface area contributed by atoms with Gasteiger partial charge in [0.25, 0.3) is 5.56 Å². The number of Topliss-reactive ketones (excluding diaryl/α,β-unsaturated/α-hetero) is 1. The Morgan fingerprint density at radius 3 is 3.00 bits per heavy atom. The smallest absolute Gasteiger partial charge is 0.259 e. The molecule has 1 N–H and O–H groups in total. The van der Waals surface area contributed by atoms with E-state index in [1.807, 2.05) is 24.4 Å². The summed E-state index contributed by atoms with van der Waals surface area (Å²) in [5.41, 5.74) is -0.167. The summed E-state index contributed by atoms with van der Waals surface area (Å²) in [7, 11) is 0. The number of nitrogens with zero attached hydrogens (tertiary/aromatic N) is 1. The summed E-state index contributed by atoms with van der Waals surface area (Å²) in [5, 5.41) is 2.47. The molecule has 0 spiro atoms. The van der Waals surface area contributed by atoms with Gasteiger partial charge >= 0.3 is 0 Å². The molecule has 3 aromatic heterocycles. The van der Waals surface area contributed by atoms with Crippen molar-refractivity contribution in [1.29, 1.82) is 0 Å². The van der Waals surface area contributed by atoms with Crippen LogP contribution < -0.4 is 5.56 Å². The van der Waals surface area contributed by atoms with Gasteiger partial charge in [0.15, 0.2) is 5.78 Å². The van der Waals surface area contributed by atoms with E-state index in [-0.39, 0.29) is 17.8 Å². The summed E-state index contributed by atoms with van der Waals surface area (Å²) >= 11 is 2.91. The summed E-state index contributed by atoms with van der Waals surface area (Å²) in [6, 6.07) is 5.49. The number of nitrogens with one attached hydrogen (secondary N) is 1. The molecular weight excluding hydrogens is 292 g/mol. The highest BCUT2D eigenvalue weighted by molar-refractivity contribution is 7.18. The molecule has 0 unspecified atom stereocenters. The Kier molecular flexibility index (Phi) is 3.50. The Morgan fingerprint density at radius 1 is 1.45 bits per heavy atom. The molecule has 3 heterocycles. The molecule has 3 aromatic rings. The molecule has 4 nitrogen and oxygen atoms in total. The van der Waals surface area contributed by atoms with Crippen LogP contribution in [-0.4, -0.2) is 15.8 Å². The second-order valence-electron chi connectivity index (χ2n) is 4.37. The third-order valence-electron chi connectivity index (χ3n) is 2.97. The van der Waals surface area contributed by atoms with Crippen LogP contribution in [0.15, 0.2) is 28.4 Å². The van der Waals surface area contributed by atoms with Gasteiger partial charge in [0.2, 0.25) is 0 Å². The first-order chi connectivity index (χ1) is 9.67. The second kappa shape index (κ2) is 5.30. The lowest BCUT2D eigenvalue weighted by molar-refractivity contribution is 0.0994. The quantitative estimate of drug-likeness (QED) is 0.754. The molecule has 0 radical (unpaired) electrons. The normalized spacial score (nSPS) is 11.1. The van der Waals surface area contributed by atoms with E-state index in [2.05, 4.69) is 9.97 Å². The molecule has 0 aliphatic rings. The summed E-state index contributed by atoms with van der Waals surface area (Å²) < 4.78 is 0. The standard InChI is InChI=1S/C14H12N2O2S2/c1-2-8-6-9-13(18)15-12(16-14(9)20-8)7-10(17)11-4-3-5-19-11/h3-6H,2,7H2,1H3,(H,15,16,18). The number of carbonyl (C=O) groups is 1. The average Bonchev–Trinajstić information content (AvgIpc) is 3.07. The molecule has 20 heavy (non-hydrogen) atoms. The highest BCUT2D eigenvalue weighted by Crippen LogP contribution is 2.21. The fourth-order valence-corrected chi connectivity index (χ4v) is 3.61. The van der Waals surface area contributed by atoms with Crippen LogP contribution in [0, 0.1) is 0 Å². The molecule has 0 saturated carbocycles. The monoisotopic (exact) mass is 304 g/mol. The molecule has 102 valence electrons. The van der Waals surface area contributed by atoms with Crippen molar-refractivity contribution in [3.05, 3.63) is 49.5 Å². The maximum atomic E-state index is 12.0. The third kappa shape index (κ3) is 2.44. The minimum absolute atomic E-state index is 0.0187. The van der Waals surface area contributed by atoms with Crippen molar-refractivity contribution in [3.8, 4) is 0 Å². The molecule has 0 aliphatic heterocycles. The van der Waals surface area contributed by atoms with Crippen molar-refractivity contribution in [2.45, 2.75) is 19.8 Å². The maximum Gasteiger partial charge on any atom is 0.259 e. The summed E-state index contributed by atoms with van der Waals surface area (Å²) in [6.45, 7) is 2.04. The number of aromatic amines is 1. The van der Waals surface area contributed by atoms with E-state index < -0.39 is 0 Å². The van der Waals surface area contributed by atoms with Gasteiger partial charge in [0.05, 0.1) is 16.7 Å². The van der Waals surface area contributed by atoms with Crippen LogP contribution in [-0.2, 0) is 12.8 Å². The lowest BCUT2D eigenvalue weighted by atomic mass is 10.2. The van der Waals surface area contributed by atoms with E-state index in [0.717, 1.165) is 11.3 Å². The lowest BCUT2D eigenvalue weighted by Crippen LogP contribution is -2.13. The van der Waals surface area contributed by atoms with Crippen LogP contribution in [0.3, 0.4) is 0 Å². The van der Waals surface area contributed by atoms with Gasteiger partial charge in [0, 0.05) is 4.88 Å². The number of rotatable bonds is 4. The van der Waals surface area contributed by atoms with Crippen LogP contribution in [0.2, 0.25) is 0 Å². The van der Waals surface area contributed by atoms with Crippen LogP contribution in [0.4, 0.5) is 0 Å². The number of aromatic nitrogens is 2. The van der Waals surface area contributed by atoms with Crippen LogP contribution in [0.1, 0.15) is 27.3 Å². The van der Waals surface area contributed by atoms with E-state index in [0.29, 0.717) is 20.9 Å². The zero-order chi connectivity index (χ0) is 14.1. The summed E-state index contributed by atoms with van der Waals surface area (Å²) in [5.74, 6) is 0.417. The van der Waals surface area contributed by atoms with Gasteiger partial charge in [-0.05, 0) is 23.9 Å². The van der Waals surface area contributed by atoms with Crippen molar-refractivity contribution < 1.29 is 4.79 Å². The fraction of sp³-hybridized carbons (Fsp3) is 0.214. The van der Waals surface area contributed by atoms with E-state index in [1.165, 1.54) is 22.7 Å². The molecule has 6 heteroatoms. The Bertz CT molecular complexity index is 815. The number of aryl methyl sites for hydroxylation is 1. The van der Waals surface area contributed by atoms with Gasteiger partial charge in [-0.15, -0.1) is 22.7 Å². The second-order valence-corrected chi connectivity index (χ2v) is 6.44. The first kappa shape index (κ1) is 13.2. The van der Waals surface area contributed by atoms with Gasteiger partial charge in [-0.3, -0.25) is 9.59 Å². The molecule has 0 atom stereocenters. The third-order valence-corrected chi connectivity index (χ3v) is 5.06. The zero-order valence-corrected chi connectivity index (χ0v) is 12.4. The van der Waals surface area contributed by atoms with Crippen LogP contribution in [0.25, 0.3) is 10.2 Å². The summed E-state index contributed by atoms with van der Waals surface area (Å²) in [6.07, 6.45) is 1.01. The van der Waals surface area contributed by atoms with Crippen LogP contribution in [0.5, 0.6) is 0 Å².